The van der Waals surface area contributed by atoms with Crippen LogP contribution in [-0.2, 0) is 9.59 Å². The van der Waals surface area contributed by atoms with Gasteiger partial charge < -0.3 is 20.1 Å². The summed E-state index contributed by atoms with van der Waals surface area (Å²) in [5.41, 5.74) is 0. The summed E-state index contributed by atoms with van der Waals surface area (Å²) in [7, 11) is 7.03. The number of rotatable bonds is 4. The van der Waals surface area contributed by atoms with E-state index in [4.69, 9.17) is 9.47 Å². The molecule has 2 fully saturated rings. The molecule has 2 aliphatic rings. The highest BCUT2D eigenvalue weighted by Crippen LogP contribution is 2.14. The molecule has 4 rings (SSSR count). The van der Waals surface area contributed by atoms with Crippen LogP contribution in [0, 0.1) is 0 Å². The molecule has 0 heterocycles. The quantitative estimate of drug-likeness (QED) is 0.667. The van der Waals surface area contributed by atoms with Gasteiger partial charge in [-0.15, -0.1) is 0 Å². The zero-order chi connectivity index (χ0) is 25.0. The van der Waals surface area contributed by atoms with E-state index >= 15 is 0 Å². The lowest BCUT2D eigenvalue weighted by Crippen LogP contribution is -2.36. The minimum atomic E-state index is 0.166. The van der Waals surface area contributed by atoms with Crippen molar-refractivity contribution in [2.75, 3.05) is 28.3 Å². The highest BCUT2D eigenvalue weighted by molar-refractivity contribution is 5.84. The molecule has 2 N–H and O–H groups in total. The third-order valence-electron chi connectivity index (χ3n) is 5.76. The summed E-state index contributed by atoms with van der Waals surface area (Å²) < 4.78 is 9.83. The van der Waals surface area contributed by atoms with Gasteiger partial charge in [-0.2, -0.15) is 0 Å². The van der Waals surface area contributed by atoms with Gasteiger partial charge in [-0.05, 0) is 64.0 Å². The van der Waals surface area contributed by atoms with Crippen LogP contribution >= 0.6 is 0 Å². The molecule has 0 bridgehead atoms. The third-order valence-corrected chi connectivity index (χ3v) is 5.76. The lowest BCUT2D eigenvalue weighted by atomic mass is 9.94. The van der Waals surface area contributed by atoms with Crippen LogP contribution in [0.5, 0.6) is 11.5 Å². The molecule has 2 aromatic carbocycles. The van der Waals surface area contributed by atoms with Crippen LogP contribution in [0.3, 0.4) is 0 Å². The maximum absolute atomic E-state index is 11.0. The first-order valence-corrected chi connectivity index (χ1v) is 12.1. The maximum Gasteiger partial charge on any atom is 0.149 e. The smallest absolute Gasteiger partial charge is 0.149 e. The number of hydrogen-bond acceptors (Lipinski definition) is 6. The van der Waals surface area contributed by atoms with E-state index in [0.29, 0.717) is 11.6 Å². The van der Waals surface area contributed by atoms with E-state index < -0.39 is 0 Å². The summed E-state index contributed by atoms with van der Waals surface area (Å²) in [4.78, 5) is 21.9. The van der Waals surface area contributed by atoms with Crippen LogP contribution < -0.4 is 20.1 Å². The van der Waals surface area contributed by atoms with Crippen LogP contribution in [-0.4, -0.2) is 52.0 Å². The molecule has 2 aromatic rings. The number of ketones is 2. The van der Waals surface area contributed by atoms with Crippen molar-refractivity contribution in [1.29, 1.82) is 0 Å². The molecule has 0 aliphatic heterocycles. The number of carbonyl (C=O) groups excluding carboxylic acids is 2. The van der Waals surface area contributed by atoms with Crippen molar-refractivity contribution in [3.63, 3.8) is 0 Å². The largest absolute Gasteiger partial charge is 0.497 e. The molecule has 0 aromatic heterocycles. The topological polar surface area (TPSA) is 76.7 Å². The monoisotopic (exact) mass is 470 g/mol. The molecule has 6 nitrogen and oxygen atoms in total. The Balaban J connectivity index is 0.000000227. The average Bonchev–Trinajstić information content (AvgIpc) is 2.91. The van der Waals surface area contributed by atoms with Crippen LogP contribution in [0.4, 0.5) is 0 Å². The van der Waals surface area contributed by atoms with Crippen molar-refractivity contribution in [2.24, 2.45) is 0 Å². The lowest BCUT2D eigenvalue weighted by molar-refractivity contribution is -0.123. The Labute approximate surface area is 205 Å². The Bertz CT molecular complexity index is 716. The number of likely N-dealkylation sites (N-methyl/N-ethyl adjacent to an activating group) is 2. The molecule has 6 heteroatoms. The molecule has 2 unspecified atom stereocenters. The number of ether oxygens (including phenoxy) is 2. The average molecular weight is 471 g/mol. The van der Waals surface area contributed by atoms with Crippen molar-refractivity contribution < 1.29 is 19.1 Å². The predicted octanol–water partition coefficient (Wildman–Crippen LogP) is 4.83. The van der Waals surface area contributed by atoms with Crippen molar-refractivity contribution in [2.45, 2.75) is 63.5 Å². The summed E-state index contributed by atoms with van der Waals surface area (Å²) in [6.45, 7) is 0. The zero-order valence-corrected chi connectivity index (χ0v) is 21.2. The zero-order valence-electron chi connectivity index (χ0n) is 21.2. The van der Waals surface area contributed by atoms with Gasteiger partial charge in [0.2, 0.25) is 0 Å². The summed E-state index contributed by atoms with van der Waals surface area (Å²) in [5, 5.41) is 6.01. The standard InChI is InChI=1S/2C7H13NO.2C7H8O/c2*1-8-6-4-2-3-5-7(6)9;2*1-8-7-5-3-2-4-6-7/h2*6,8H,2-5H2,1H3;2*2-6H,1H3. The van der Waals surface area contributed by atoms with E-state index in [1.807, 2.05) is 74.8 Å². The van der Waals surface area contributed by atoms with Crippen LogP contribution in [0.15, 0.2) is 60.7 Å². The fourth-order valence-corrected chi connectivity index (χ4v) is 3.69. The second kappa shape index (κ2) is 18.7. The number of methoxy groups -OCH3 is 2. The number of hydrogen-bond donors (Lipinski definition) is 2. The fourth-order valence-electron chi connectivity index (χ4n) is 3.69. The van der Waals surface area contributed by atoms with Crippen molar-refractivity contribution in [1.82, 2.24) is 10.6 Å². The van der Waals surface area contributed by atoms with E-state index in [-0.39, 0.29) is 12.1 Å². The van der Waals surface area contributed by atoms with E-state index in [9.17, 15) is 9.59 Å². The Morgan fingerprint density at radius 2 is 0.971 bits per heavy atom. The molecular weight excluding hydrogens is 428 g/mol. The molecule has 2 saturated carbocycles. The van der Waals surface area contributed by atoms with Gasteiger partial charge in [-0.25, -0.2) is 0 Å². The van der Waals surface area contributed by atoms with Gasteiger partial charge in [0.1, 0.15) is 23.1 Å². The molecule has 0 amide bonds. The number of Topliss-reactive ketones (excluding diaryl/α,β-unsaturated/α-hetero) is 2. The van der Waals surface area contributed by atoms with Gasteiger partial charge in [-0.3, -0.25) is 9.59 Å². The van der Waals surface area contributed by atoms with Crippen LogP contribution in [0.25, 0.3) is 0 Å². The lowest BCUT2D eigenvalue weighted by Gasteiger charge is -2.18. The highest BCUT2D eigenvalue weighted by atomic mass is 16.5. The van der Waals surface area contributed by atoms with Gasteiger partial charge in [0.15, 0.2) is 0 Å². The van der Waals surface area contributed by atoms with Crippen molar-refractivity contribution in [3.05, 3.63) is 60.7 Å². The number of nitrogens with one attached hydrogen (secondary N) is 2. The second-order valence-corrected chi connectivity index (χ2v) is 8.14. The minimum Gasteiger partial charge on any atom is -0.497 e. The van der Waals surface area contributed by atoms with Gasteiger partial charge in [-0.1, -0.05) is 49.2 Å². The fraction of sp³-hybridized carbons (Fsp3) is 0.500. The number of carbonyl (C=O) groups is 2. The summed E-state index contributed by atoms with van der Waals surface area (Å²) in [5.74, 6) is 2.60. The van der Waals surface area contributed by atoms with Gasteiger partial charge >= 0.3 is 0 Å². The summed E-state index contributed by atoms with van der Waals surface area (Å²) in [6, 6.07) is 19.7. The Morgan fingerprint density at radius 3 is 1.18 bits per heavy atom. The molecule has 0 spiro atoms. The maximum atomic E-state index is 11.0. The molecule has 34 heavy (non-hydrogen) atoms. The first-order chi connectivity index (χ1) is 16.5. The molecule has 2 atom stereocenters. The Morgan fingerprint density at radius 1 is 0.618 bits per heavy atom. The molecule has 0 saturated heterocycles. The molecular formula is C28H42N2O4. The van der Waals surface area contributed by atoms with E-state index in [1.54, 1.807) is 14.2 Å². The summed E-state index contributed by atoms with van der Waals surface area (Å²) in [6.07, 6.45) is 8.24. The van der Waals surface area contributed by atoms with Crippen molar-refractivity contribution in [3.8, 4) is 11.5 Å². The Kier molecular flexibility index (Phi) is 16.1. The SMILES string of the molecule is CNC1CCCCC1=O.CNC1CCCCC1=O.COc1ccccc1.COc1ccccc1. The number of para-hydroxylation sites is 2. The van der Waals surface area contributed by atoms with E-state index in [1.165, 1.54) is 12.8 Å². The van der Waals surface area contributed by atoms with Gasteiger partial charge in [0.25, 0.3) is 0 Å². The third kappa shape index (κ3) is 12.5. The summed E-state index contributed by atoms with van der Waals surface area (Å²) >= 11 is 0. The van der Waals surface area contributed by atoms with Crippen LogP contribution in [0.2, 0.25) is 0 Å². The van der Waals surface area contributed by atoms with E-state index in [0.717, 1.165) is 50.0 Å². The first-order valence-electron chi connectivity index (χ1n) is 12.1. The van der Waals surface area contributed by atoms with Gasteiger partial charge in [0.05, 0.1) is 26.3 Å². The van der Waals surface area contributed by atoms with E-state index in [2.05, 4.69) is 10.6 Å². The number of benzene rings is 2. The second-order valence-electron chi connectivity index (χ2n) is 8.14. The molecule has 188 valence electrons. The normalized spacial score (nSPS) is 19.2. The highest BCUT2D eigenvalue weighted by Gasteiger charge is 2.19. The Hall–Kier alpha value is -2.70. The predicted molar refractivity (Wildman–Crippen MR) is 139 cm³/mol. The first kappa shape index (κ1) is 29.3. The van der Waals surface area contributed by atoms with Crippen molar-refractivity contribution >= 4 is 11.6 Å². The van der Waals surface area contributed by atoms with Crippen LogP contribution in [0.1, 0.15) is 51.4 Å². The van der Waals surface area contributed by atoms with Gasteiger partial charge in [0, 0.05) is 12.8 Å². The minimum absolute atomic E-state index is 0.166. The molecule has 0 radical (unpaired) electrons. The molecule has 2 aliphatic carbocycles.